The minimum Gasteiger partial charge on any atom is -0.447 e. The van der Waals surface area contributed by atoms with Crippen molar-refractivity contribution >= 4 is 0 Å². The van der Waals surface area contributed by atoms with Gasteiger partial charge < -0.3 is 9.47 Å². The van der Waals surface area contributed by atoms with Gasteiger partial charge in [-0.3, -0.25) is 4.74 Å². The number of unbranched alkanes of at least 4 members (excludes halogenated alkanes) is 12. The van der Waals surface area contributed by atoms with E-state index in [1.54, 1.807) is 0 Å². The van der Waals surface area contributed by atoms with Crippen LogP contribution in [0.15, 0.2) is 24.3 Å². The van der Waals surface area contributed by atoms with Crippen LogP contribution in [0.25, 0.3) is 0 Å². The van der Waals surface area contributed by atoms with Crippen LogP contribution in [-0.4, -0.2) is 48.8 Å². The number of benzene rings is 1. The first kappa shape index (κ1) is 29.9. The molecule has 0 radical (unpaired) electrons. The standard InChI is InChI=1S/C30H54N2O3/c1-5-9-11-13-15-17-21-25-31(7-3)29-33-27-23-19-20-24-28(27)34-30(35-29)32(8-4)26-22-18-16-14-12-10-6-2/h19-20,23-24,29-30H,5-18,21-22,25-26H2,1-4H3. The first-order chi connectivity index (χ1) is 17.2. The summed E-state index contributed by atoms with van der Waals surface area (Å²) in [6, 6.07) is 7.98. The molecule has 202 valence electrons. The zero-order valence-corrected chi connectivity index (χ0v) is 23.3. The van der Waals surface area contributed by atoms with Gasteiger partial charge in [0.1, 0.15) is 0 Å². The Balaban J connectivity index is 1.93. The summed E-state index contributed by atoms with van der Waals surface area (Å²) in [6.45, 7) is 12.7. The molecule has 1 heterocycles. The van der Waals surface area contributed by atoms with Crippen LogP contribution in [0.2, 0.25) is 0 Å². The molecule has 0 amide bonds. The molecule has 0 aromatic heterocycles. The normalized spacial score (nSPS) is 17.8. The van der Waals surface area contributed by atoms with Gasteiger partial charge in [0, 0.05) is 26.2 Å². The Morgan fingerprint density at radius 1 is 0.543 bits per heavy atom. The van der Waals surface area contributed by atoms with E-state index in [9.17, 15) is 0 Å². The summed E-state index contributed by atoms with van der Waals surface area (Å²) in [5.74, 6) is 1.54. The molecule has 1 aromatic carbocycles. The van der Waals surface area contributed by atoms with Crippen LogP contribution in [0, 0.1) is 0 Å². The highest BCUT2D eigenvalue weighted by Gasteiger charge is 2.32. The van der Waals surface area contributed by atoms with Crippen molar-refractivity contribution in [1.29, 1.82) is 0 Å². The van der Waals surface area contributed by atoms with E-state index in [2.05, 4.69) is 37.5 Å². The predicted molar refractivity (Wildman–Crippen MR) is 147 cm³/mol. The first-order valence-corrected chi connectivity index (χ1v) is 14.8. The van der Waals surface area contributed by atoms with Gasteiger partial charge in [-0.1, -0.05) is 117 Å². The van der Waals surface area contributed by atoms with Crippen LogP contribution < -0.4 is 9.47 Å². The van der Waals surface area contributed by atoms with E-state index in [0.717, 1.165) is 37.7 Å². The molecule has 0 N–H and O–H groups in total. The summed E-state index contributed by atoms with van der Waals surface area (Å²) in [6.07, 6.45) is 17.4. The lowest BCUT2D eigenvalue weighted by Crippen LogP contribution is -2.49. The summed E-state index contributed by atoms with van der Waals surface area (Å²) < 4.78 is 19.3. The van der Waals surface area contributed by atoms with E-state index >= 15 is 0 Å². The van der Waals surface area contributed by atoms with Crippen molar-refractivity contribution in [3.63, 3.8) is 0 Å². The summed E-state index contributed by atoms with van der Waals surface area (Å²) in [7, 11) is 0. The maximum absolute atomic E-state index is 6.53. The van der Waals surface area contributed by atoms with Gasteiger partial charge >= 0.3 is 0 Å². The van der Waals surface area contributed by atoms with Crippen molar-refractivity contribution in [2.45, 2.75) is 130 Å². The van der Waals surface area contributed by atoms with Gasteiger partial charge in [-0.2, -0.15) is 0 Å². The van der Waals surface area contributed by atoms with Crippen LogP contribution in [-0.2, 0) is 4.74 Å². The third kappa shape index (κ3) is 11.5. The van der Waals surface area contributed by atoms with E-state index in [4.69, 9.17) is 14.2 Å². The maximum Gasteiger partial charge on any atom is 0.266 e. The predicted octanol–water partition coefficient (Wildman–Crippen LogP) is 8.19. The minimum atomic E-state index is -0.433. The van der Waals surface area contributed by atoms with Crippen LogP contribution >= 0.6 is 0 Å². The van der Waals surface area contributed by atoms with Crippen molar-refractivity contribution < 1.29 is 14.2 Å². The highest BCUT2D eigenvalue weighted by molar-refractivity contribution is 5.39. The zero-order valence-electron chi connectivity index (χ0n) is 23.3. The van der Waals surface area contributed by atoms with Gasteiger partial charge in [0.15, 0.2) is 11.5 Å². The van der Waals surface area contributed by atoms with Crippen LogP contribution in [0.5, 0.6) is 11.5 Å². The molecule has 0 fully saturated rings. The second kappa shape index (κ2) is 18.9. The lowest BCUT2D eigenvalue weighted by molar-refractivity contribution is -0.275. The highest BCUT2D eigenvalue weighted by Crippen LogP contribution is 2.33. The van der Waals surface area contributed by atoms with Crippen molar-refractivity contribution in [3.8, 4) is 11.5 Å². The highest BCUT2D eigenvalue weighted by atomic mass is 16.8. The number of ether oxygens (including phenoxy) is 3. The molecule has 2 unspecified atom stereocenters. The van der Waals surface area contributed by atoms with Crippen LogP contribution in [0.1, 0.15) is 118 Å². The Kier molecular flexibility index (Phi) is 16.2. The molecule has 5 nitrogen and oxygen atoms in total. The minimum absolute atomic E-state index is 0.433. The number of hydrogen-bond acceptors (Lipinski definition) is 5. The third-order valence-electron chi connectivity index (χ3n) is 7.04. The third-order valence-corrected chi connectivity index (χ3v) is 7.04. The fourth-order valence-corrected chi connectivity index (χ4v) is 4.71. The largest absolute Gasteiger partial charge is 0.447 e. The second-order valence-electron chi connectivity index (χ2n) is 9.93. The van der Waals surface area contributed by atoms with Gasteiger partial charge in [0.25, 0.3) is 12.8 Å². The van der Waals surface area contributed by atoms with Crippen molar-refractivity contribution in [2.24, 2.45) is 0 Å². The van der Waals surface area contributed by atoms with Crippen LogP contribution in [0.3, 0.4) is 0 Å². The molecule has 0 aliphatic carbocycles. The lowest BCUT2D eigenvalue weighted by atomic mass is 10.1. The van der Waals surface area contributed by atoms with Crippen molar-refractivity contribution in [3.05, 3.63) is 24.3 Å². The quantitative estimate of drug-likeness (QED) is 0.172. The molecule has 2 rings (SSSR count). The summed E-state index contributed by atoms with van der Waals surface area (Å²) in [5, 5.41) is 0. The van der Waals surface area contributed by atoms with E-state index in [1.807, 2.05) is 24.3 Å². The van der Waals surface area contributed by atoms with E-state index in [0.29, 0.717) is 0 Å². The molecule has 2 atom stereocenters. The Morgan fingerprint density at radius 3 is 1.29 bits per heavy atom. The van der Waals surface area contributed by atoms with E-state index in [1.165, 1.54) is 89.9 Å². The van der Waals surface area contributed by atoms with Gasteiger partial charge in [-0.05, 0) is 25.0 Å². The SMILES string of the molecule is CCCCCCCCCN(CC)C1Oc2ccccc2OC(N(CC)CCCCCCCCC)O1. The molecular weight excluding hydrogens is 436 g/mol. The van der Waals surface area contributed by atoms with E-state index in [-0.39, 0.29) is 0 Å². The van der Waals surface area contributed by atoms with Gasteiger partial charge in [0.2, 0.25) is 0 Å². The Morgan fingerprint density at radius 2 is 0.914 bits per heavy atom. The molecule has 35 heavy (non-hydrogen) atoms. The fourth-order valence-electron chi connectivity index (χ4n) is 4.71. The van der Waals surface area contributed by atoms with Gasteiger partial charge in [-0.15, -0.1) is 0 Å². The number of nitrogens with zero attached hydrogens (tertiary/aromatic N) is 2. The molecular formula is C30H54N2O3. The zero-order chi connectivity index (χ0) is 25.1. The monoisotopic (exact) mass is 490 g/mol. The summed E-state index contributed by atoms with van der Waals surface area (Å²) >= 11 is 0. The van der Waals surface area contributed by atoms with Gasteiger partial charge in [-0.25, -0.2) is 9.80 Å². The van der Waals surface area contributed by atoms with E-state index < -0.39 is 12.8 Å². The molecule has 1 aliphatic rings. The topological polar surface area (TPSA) is 34.2 Å². The maximum atomic E-state index is 6.53. The first-order valence-electron chi connectivity index (χ1n) is 14.8. The Labute approximate surface area is 216 Å². The van der Waals surface area contributed by atoms with Crippen molar-refractivity contribution in [2.75, 3.05) is 26.2 Å². The van der Waals surface area contributed by atoms with Gasteiger partial charge in [0.05, 0.1) is 0 Å². The second-order valence-corrected chi connectivity index (χ2v) is 9.93. The number of para-hydroxylation sites is 2. The molecule has 0 spiro atoms. The average molecular weight is 491 g/mol. The Bertz CT molecular complexity index is 589. The smallest absolute Gasteiger partial charge is 0.266 e. The Hall–Kier alpha value is -1.30. The summed E-state index contributed by atoms with van der Waals surface area (Å²) in [4.78, 5) is 4.62. The molecule has 0 saturated carbocycles. The molecule has 0 bridgehead atoms. The fraction of sp³-hybridized carbons (Fsp3) is 0.800. The average Bonchev–Trinajstić information content (AvgIpc) is 3.07. The summed E-state index contributed by atoms with van der Waals surface area (Å²) in [5.41, 5.74) is 0. The number of hydrogen-bond donors (Lipinski definition) is 0. The molecule has 5 heteroatoms. The van der Waals surface area contributed by atoms with Crippen LogP contribution in [0.4, 0.5) is 0 Å². The molecule has 1 aliphatic heterocycles. The van der Waals surface area contributed by atoms with Crippen molar-refractivity contribution in [1.82, 2.24) is 9.80 Å². The molecule has 1 aromatic rings. The molecule has 0 saturated heterocycles. The lowest BCUT2D eigenvalue weighted by Gasteiger charge is -2.34. The number of fused-ring (bicyclic) bond motifs is 1. The number of rotatable bonds is 20.